The third kappa shape index (κ3) is 4.67. The molecule has 1 aromatic rings. The molecule has 8 heteroatoms. The van der Waals surface area contributed by atoms with Crippen LogP contribution in [0.1, 0.15) is 29.8 Å². The number of carbonyl (C=O) groups excluding carboxylic acids is 1. The number of amides is 1. The maximum Gasteiger partial charge on any atom is 0.251 e. The highest BCUT2D eigenvalue weighted by molar-refractivity contribution is 7.89. The fourth-order valence-corrected chi connectivity index (χ4v) is 2.65. The van der Waals surface area contributed by atoms with Gasteiger partial charge in [-0.2, -0.15) is 0 Å². The van der Waals surface area contributed by atoms with Gasteiger partial charge in [0, 0.05) is 24.2 Å². The zero-order chi connectivity index (χ0) is 16.4. The zero-order valence-corrected chi connectivity index (χ0v) is 13.9. The first-order valence-corrected chi connectivity index (χ1v) is 8.06. The zero-order valence-electron chi connectivity index (χ0n) is 12.4. The van der Waals surface area contributed by atoms with E-state index in [-0.39, 0.29) is 22.0 Å². The highest BCUT2D eigenvalue weighted by atomic mass is 35.5. The fourth-order valence-electron chi connectivity index (χ4n) is 1.55. The van der Waals surface area contributed by atoms with Gasteiger partial charge in [-0.25, -0.2) is 13.6 Å². The minimum Gasteiger partial charge on any atom is -0.377 e. The maximum atomic E-state index is 12.1. The summed E-state index contributed by atoms with van der Waals surface area (Å²) in [7, 11) is -2.41. The molecule has 0 heterocycles. The van der Waals surface area contributed by atoms with Crippen molar-refractivity contribution in [2.45, 2.75) is 31.3 Å². The monoisotopic (exact) mass is 334 g/mol. The number of nitrogens with two attached hydrogens (primary N) is 1. The second-order valence-corrected chi connectivity index (χ2v) is 7.21. The summed E-state index contributed by atoms with van der Waals surface area (Å²) in [6, 6.07) is 2.62. The highest BCUT2D eigenvalue weighted by Gasteiger charge is 2.21. The lowest BCUT2D eigenvalue weighted by Crippen LogP contribution is -2.39. The average Bonchev–Trinajstić information content (AvgIpc) is 2.37. The first-order chi connectivity index (χ1) is 9.48. The van der Waals surface area contributed by atoms with Crippen molar-refractivity contribution in [3.63, 3.8) is 0 Å². The molecule has 0 aliphatic rings. The van der Waals surface area contributed by atoms with Crippen molar-refractivity contribution >= 4 is 27.5 Å². The van der Waals surface area contributed by atoms with Crippen LogP contribution in [0.2, 0.25) is 5.02 Å². The molecule has 118 valence electrons. The number of hydrogen-bond acceptors (Lipinski definition) is 4. The van der Waals surface area contributed by atoms with Crippen molar-refractivity contribution in [3.8, 4) is 0 Å². The number of primary sulfonamides is 1. The van der Waals surface area contributed by atoms with Crippen LogP contribution in [0.3, 0.4) is 0 Å². The van der Waals surface area contributed by atoms with Crippen molar-refractivity contribution < 1.29 is 17.9 Å². The molecule has 6 nitrogen and oxygen atoms in total. The van der Waals surface area contributed by atoms with Gasteiger partial charge >= 0.3 is 0 Å². The summed E-state index contributed by atoms with van der Waals surface area (Å²) in [6.45, 7) is 5.41. The number of methoxy groups -OCH3 is 1. The fraction of sp³-hybridized carbons (Fsp3) is 0.462. The van der Waals surface area contributed by atoms with Crippen LogP contribution in [-0.2, 0) is 14.8 Å². The van der Waals surface area contributed by atoms with Gasteiger partial charge in [0.05, 0.1) is 10.5 Å². The molecule has 3 N–H and O–H groups in total. The van der Waals surface area contributed by atoms with E-state index in [9.17, 15) is 13.2 Å². The van der Waals surface area contributed by atoms with E-state index in [2.05, 4.69) is 5.32 Å². The van der Waals surface area contributed by atoms with Crippen molar-refractivity contribution in [1.29, 1.82) is 0 Å². The van der Waals surface area contributed by atoms with E-state index in [4.69, 9.17) is 21.5 Å². The minimum atomic E-state index is -3.95. The Balaban J connectivity index is 3.10. The first kappa shape index (κ1) is 17.9. The second-order valence-electron chi connectivity index (χ2n) is 5.27. The van der Waals surface area contributed by atoms with Crippen LogP contribution >= 0.6 is 11.6 Å². The molecule has 0 fully saturated rings. The summed E-state index contributed by atoms with van der Waals surface area (Å²) in [5, 5.41) is 7.94. The van der Waals surface area contributed by atoms with Crippen molar-refractivity contribution in [2.75, 3.05) is 13.7 Å². The topological polar surface area (TPSA) is 98.5 Å². The van der Waals surface area contributed by atoms with Gasteiger partial charge in [0.25, 0.3) is 5.91 Å². The van der Waals surface area contributed by atoms with Crippen LogP contribution in [-0.4, -0.2) is 33.6 Å². The Labute approximate surface area is 129 Å². The molecule has 1 rings (SSSR count). The summed E-state index contributed by atoms with van der Waals surface area (Å²) < 4.78 is 28.2. The van der Waals surface area contributed by atoms with E-state index < -0.39 is 21.5 Å². The van der Waals surface area contributed by atoms with Gasteiger partial charge in [0.15, 0.2) is 0 Å². The molecule has 0 spiro atoms. The molecule has 0 bridgehead atoms. The molecule has 0 atom stereocenters. The second kappa shape index (κ2) is 6.31. The van der Waals surface area contributed by atoms with E-state index in [1.54, 1.807) is 0 Å². The lowest BCUT2D eigenvalue weighted by molar-refractivity contribution is 0.0228. The van der Waals surface area contributed by atoms with Crippen LogP contribution in [0.15, 0.2) is 17.0 Å². The minimum absolute atomic E-state index is 0.126. The first-order valence-electron chi connectivity index (χ1n) is 6.14. The molecule has 0 saturated heterocycles. The average molecular weight is 335 g/mol. The summed E-state index contributed by atoms with van der Waals surface area (Å²) in [4.78, 5) is 11.9. The van der Waals surface area contributed by atoms with Gasteiger partial charge in [-0.05, 0) is 38.5 Å². The molecular formula is C13H19ClN2O4S. The van der Waals surface area contributed by atoms with Gasteiger partial charge in [0.2, 0.25) is 10.0 Å². The van der Waals surface area contributed by atoms with Crippen molar-refractivity contribution in [2.24, 2.45) is 5.14 Å². The van der Waals surface area contributed by atoms with E-state index in [0.717, 1.165) is 0 Å². The molecule has 1 amide bonds. The summed E-state index contributed by atoms with van der Waals surface area (Å²) >= 11 is 5.96. The lowest BCUT2D eigenvalue weighted by atomic mass is 10.1. The highest BCUT2D eigenvalue weighted by Crippen LogP contribution is 2.24. The summed E-state index contributed by atoms with van der Waals surface area (Å²) in [6.07, 6.45) is 0. The smallest absolute Gasteiger partial charge is 0.251 e. The quantitative estimate of drug-likeness (QED) is 0.851. The molecule has 0 radical (unpaired) electrons. The Kier molecular flexibility index (Phi) is 5.38. The van der Waals surface area contributed by atoms with E-state index in [0.29, 0.717) is 5.56 Å². The summed E-state index contributed by atoms with van der Waals surface area (Å²) in [5.41, 5.74) is -0.0955. The van der Waals surface area contributed by atoms with Crippen molar-refractivity contribution in [1.82, 2.24) is 5.32 Å². The predicted octanol–water partition coefficient (Wildman–Crippen LogP) is 1.45. The normalized spacial score (nSPS) is 12.3. The number of benzene rings is 1. The Morgan fingerprint density at radius 1 is 1.43 bits per heavy atom. The number of nitrogens with one attached hydrogen (secondary N) is 1. The number of ether oxygens (including phenoxy) is 1. The van der Waals surface area contributed by atoms with Crippen LogP contribution in [0.25, 0.3) is 0 Å². The molecule has 0 aromatic heterocycles. The third-order valence-electron chi connectivity index (χ3n) is 3.09. The van der Waals surface area contributed by atoms with Crippen LogP contribution in [0.4, 0.5) is 0 Å². The standard InChI is InChI=1S/C13H19ClN2O4S/c1-8-10(14)5-9(6-11(8)21(15,18)19)12(17)16-7-13(2,3)20-4/h5-6H,7H2,1-4H3,(H,16,17)(H2,15,18,19). The van der Waals surface area contributed by atoms with Crippen LogP contribution in [0, 0.1) is 6.92 Å². The van der Waals surface area contributed by atoms with Gasteiger partial charge < -0.3 is 10.1 Å². The Hall–Kier alpha value is -1.15. The Morgan fingerprint density at radius 2 is 2.00 bits per heavy atom. The van der Waals surface area contributed by atoms with Gasteiger partial charge in [-0.3, -0.25) is 4.79 Å². The maximum absolute atomic E-state index is 12.1. The molecule has 0 aliphatic heterocycles. The number of carbonyl (C=O) groups is 1. The Morgan fingerprint density at radius 3 is 2.48 bits per heavy atom. The number of hydrogen-bond donors (Lipinski definition) is 2. The Bertz CT molecular complexity index is 656. The van der Waals surface area contributed by atoms with E-state index >= 15 is 0 Å². The number of sulfonamides is 1. The molecule has 0 saturated carbocycles. The SMILES string of the molecule is COC(C)(C)CNC(=O)c1cc(Cl)c(C)c(S(N)(=O)=O)c1. The van der Waals surface area contributed by atoms with Gasteiger partial charge in [0.1, 0.15) is 0 Å². The van der Waals surface area contributed by atoms with E-state index in [1.165, 1.54) is 26.2 Å². The molecule has 0 aliphatic carbocycles. The number of rotatable bonds is 5. The number of halogens is 1. The molecular weight excluding hydrogens is 316 g/mol. The summed E-state index contributed by atoms with van der Waals surface area (Å²) in [5.74, 6) is -0.452. The van der Waals surface area contributed by atoms with Gasteiger partial charge in [-0.15, -0.1) is 0 Å². The van der Waals surface area contributed by atoms with Gasteiger partial charge in [-0.1, -0.05) is 11.6 Å². The molecule has 21 heavy (non-hydrogen) atoms. The van der Waals surface area contributed by atoms with Crippen LogP contribution < -0.4 is 10.5 Å². The third-order valence-corrected chi connectivity index (χ3v) is 4.52. The van der Waals surface area contributed by atoms with E-state index in [1.807, 2.05) is 13.8 Å². The van der Waals surface area contributed by atoms with Crippen molar-refractivity contribution in [3.05, 3.63) is 28.3 Å². The predicted molar refractivity (Wildman–Crippen MR) is 81.0 cm³/mol. The largest absolute Gasteiger partial charge is 0.377 e. The lowest BCUT2D eigenvalue weighted by Gasteiger charge is -2.23. The van der Waals surface area contributed by atoms with Crippen LogP contribution in [0.5, 0.6) is 0 Å². The molecule has 0 unspecified atom stereocenters. The molecule has 1 aromatic carbocycles.